The average Bonchev–Trinajstić information content (AvgIpc) is 3.34. The van der Waals surface area contributed by atoms with Crippen molar-refractivity contribution in [2.24, 2.45) is 5.92 Å². The maximum absolute atomic E-state index is 11.9. The summed E-state index contributed by atoms with van der Waals surface area (Å²) >= 11 is 0. The van der Waals surface area contributed by atoms with E-state index in [0.29, 0.717) is 18.9 Å². The number of carbonyl (C=O) groups excluding carboxylic acids is 2. The Morgan fingerprint density at radius 1 is 1.19 bits per heavy atom. The highest BCUT2D eigenvalue weighted by molar-refractivity contribution is 5.92. The van der Waals surface area contributed by atoms with Crippen LogP contribution in [-0.2, 0) is 4.79 Å². The lowest BCUT2D eigenvalue weighted by atomic mass is 10.4. The van der Waals surface area contributed by atoms with Crippen LogP contribution in [0.4, 0.5) is 5.82 Å². The quantitative estimate of drug-likeness (QED) is 0.608. The summed E-state index contributed by atoms with van der Waals surface area (Å²) in [5.41, 5.74) is 0.268. The highest BCUT2D eigenvalue weighted by Gasteiger charge is 2.28. The maximum Gasteiger partial charge on any atom is 0.271 e. The van der Waals surface area contributed by atoms with Crippen molar-refractivity contribution in [2.45, 2.75) is 26.2 Å². The number of carbonyl (C=O) groups is 2. The number of amides is 2. The van der Waals surface area contributed by atoms with Crippen molar-refractivity contribution >= 4 is 17.6 Å². The van der Waals surface area contributed by atoms with E-state index in [0.717, 1.165) is 25.8 Å². The van der Waals surface area contributed by atoms with E-state index in [4.69, 9.17) is 0 Å². The molecule has 0 aromatic carbocycles. The zero-order valence-corrected chi connectivity index (χ0v) is 12.2. The first-order valence-electron chi connectivity index (χ1n) is 7.32. The number of aromatic nitrogens is 2. The molecule has 1 heterocycles. The van der Waals surface area contributed by atoms with E-state index in [1.54, 1.807) is 6.20 Å². The second kappa shape index (κ2) is 7.56. The largest absolute Gasteiger partial charge is 0.369 e. The summed E-state index contributed by atoms with van der Waals surface area (Å²) in [5, 5.41) is 8.58. The van der Waals surface area contributed by atoms with Crippen LogP contribution in [0.2, 0.25) is 0 Å². The average molecular weight is 291 g/mol. The first kappa shape index (κ1) is 15.2. The van der Waals surface area contributed by atoms with Crippen LogP contribution < -0.4 is 16.0 Å². The van der Waals surface area contributed by atoms with Gasteiger partial charge in [0.25, 0.3) is 5.91 Å². The molecule has 0 radical (unpaired) electrons. The number of anilines is 1. The molecule has 1 aromatic rings. The van der Waals surface area contributed by atoms with Gasteiger partial charge >= 0.3 is 0 Å². The molecule has 0 unspecified atom stereocenters. The lowest BCUT2D eigenvalue weighted by Gasteiger charge is -2.07. The van der Waals surface area contributed by atoms with Crippen LogP contribution in [0.1, 0.15) is 36.7 Å². The van der Waals surface area contributed by atoms with Crippen molar-refractivity contribution in [3.63, 3.8) is 0 Å². The van der Waals surface area contributed by atoms with E-state index in [1.165, 1.54) is 6.20 Å². The third-order valence-corrected chi connectivity index (χ3v) is 3.08. The van der Waals surface area contributed by atoms with E-state index in [9.17, 15) is 9.59 Å². The van der Waals surface area contributed by atoms with E-state index >= 15 is 0 Å². The second-order valence-corrected chi connectivity index (χ2v) is 5.04. The van der Waals surface area contributed by atoms with Crippen LogP contribution >= 0.6 is 0 Å². The standard InChI is InChI=1S/C14H21N5O2/c1-2-5-16-12-9-15-8-11(19-12)14(21)18-7-6-17-13(20)10-3-4-10/h8-10H,2-7H2,1H3,(H,16,19)(H,17,20)(H,18,21). The Hall–Kier alpha value is -2.18. The third-order valence-electron chi connectivity index (χ3n) is 3.08. The normalized spacial score (nSPS) is 13.6. The van der Waals surface area contributed by atoms with E-state index < -0.39 is 0 Å². The minimum absolute atomic E-state index is 0.0785. The molecule has 2 rings (SSSR count). The van der Waals surface area contributed by atoms with Gasteiger partial charge in [0.2, 0.25) is 5.91 Å². The van der Waals surface area contributed by atoms with Gasteiger partial charge in [0.1, 0.15) is 11.5 Å². The Labute approximate surface area is 123 Å². The lowest BCUT2D eigenvalue weighted by molar-refractivity contribution is -0.122. The van der Waals surface area contributed by atoms with Gasteiger partial charge in [0, 0.05) is 25.6 Å². The van der Waals surface area contributed by atoms with Crippen molar-refractivity contribution in [2.75, 3.05) is 25.0 Å². The molecule has 7 nitrogen and oxygen atoms in total. The Bertz CT molecular complexity index is 502. The topological polar surface area (TPSA) is 96.0 Å². The van der Waals surface area contributed by atoms with Gasteiger partial charge < -0.3 is 16.0 Å². The molecular weight excluding hydrogens is 270 g/mol. The van der Waals surface area contributed by atoms with E-state index in [2.05, 4.69) is 25.9 Å². The molecule has 7 heteroatoms. The molecule has 0 spiro atoms. The summed E-state index contributed by atoms with van der Waals surface area (Å²) in [6, 6.07) is 0. The summed E-state index contributed by atoms with van der Waals surface area (Å²) in [4.78, 5) is 31.5. The van der Waals surface area contributed by atoms with Crippen LogP contribution in [0.25, 0.3) is 0 Å². The van der Waals surface area contributed by atoms with E-state index in [-0.39, 0.29) is 23.4 Å². The Balaban J connectivity index is 1.72. The van der Waals surface area contributed by atoms with Crippen molar-refractivity contribution in [1.29, 1.82) is 0 Å². The fourth-order valence-corrected chi connectivity index (χ4v) is 1.76. The van der Waals surface area contributed by atoms with Crippen molar-refractivity contribution in [1.82, 2.24) is 20.6 Å². The molecule has 3 N–H and O–H groups in total. The predicted molar refractivity (Wildman–Crippen MR) is 78.9 cm³/mol. The molecule has 1 aliphatic rings. The molecule has 1 saturated carbocycles. The van der Waals surface area contributed by atoms with Crippen LogP contribution in [0.5, 0.6) is 0 Å². The zero-order valence-electron chi connectivity index (χ0n) is 12.2. The number of rotatable bonds is 8. The van der Waals surface area contributed by atoms with Crippen molar-refractivity contribution in [3.05, 3.63) is 18.1 Å². The second-order valence-electron chi connectivity index (χ2n) is 5.04. The van der Waals surface area contributed by atoms with Gasteiger partial charge in [-0.1, -0.05) is 6.92 Å². The first-order chi connectivity index (χ1) is 10.2. The zero-order chi connectivity index (χ0) is 15.1. The summed E-state index contributed by atoms with van der Waals surface area (Å²) < 4.78 is 0. The molecule has 114 valence electrons. The molecule has 0 saturated heterocycles. The minimum atomic E-state index is -0.289. The predicted octanol–water partition coefficient (Wildman–Crippen LogP) is 0.554. The third kappa shape index (κ3) is 5.02. The summed E-state index contributed by atoms with van der Waals surface area (Å²) in [5.74, 6) is 0.567. The minimum Gasteiger partial charge on any atom is -0.369 e. The molecule has 0 bridgehead atoms. The number of nitrogens with zero attached hydrogens (tertiary/aromatic N) is 2. The number of nitrogens with one attached hydrogen (secondary N) is 3. The Morgan fingerprint density at radius 2 is 1.95 bits per heavy atom. The molecule has 1 aliphatic carbocycles. The molecule has 0 aliphatic heterocycles. The summed E-state index contributed by atoms with van der Waals surface area (Å²) in [6.45, 7) is 3.65. The molecule has 2 amide bonds. The van der Waals surface area contributed by atoms with Crippen LogP contribution in [0.3, 0.4) is 0 Å². The SMILES string of the molecule is CCCNc1cncc(C(=O)NCCNC(=O)C2CC2)n1. The van der Waals surface area contributed by atoms with Crippen LogP contribution in [0.15, 0.2) is 12.4 Å². The van der Waals surface area contributed by atoms with Crippen molar-refractivity contribution in [3.8, 4) is 0 Å². The monoisotopic (exact) mass is 291 g/mol. The maximum atomic E-state index is 11.9. The van der Waals surface area contributed by atoms with Gasteiger partial charge in [-0.15, -0.1) is 0 Å². The number of hydrogen-bond acceptors (Lipinski definition) is 5. The fraction of sp³-hybridized carbons (Fsp3) is 0.571. The van der Waals surface area contributed by atoms with Gasteiger partial charge in [-0.25, -0.2) is 4.98 Å². The molecular formula is C14H21N5O2. The fourth-order valence-electron chi connectivity index (χ4n) is 1.76. The smallest absolute Gasteiger partial charge is 0.271 e. The summed E-state index contributed by atoms with van der Waals surface area (Å²) in [6.07, 6.45) is 5.94. The molecule has 1 fully saturated rings. The summed E-state index contributed by atoms with van der Waals surface area (Å²) in [7, 11) is 0. The van der Waals surface area contributed by atoms with Crippen molar-refractivity contribution < 1.29 is 9.59 Å². The van der Waals surface area contributed by atoms with Crippen LogP contribution in [-0.4, -0.2) is 41.4 Å². The highest BCUT2D eigenvalue weighted by Crippen LogP contribution is 2.28. The molecule has 1 aromatic heterocycles. The van der Waals surface area contributed by atoms with Gasteiger partial charge in [-0.05, 0) is 19.3 Å². The van der Waals surface area contributed by atoms with Gasteiger partial charge in [-0.2, -0.15) is 0 Å². The van der Waals surface area contributed by atoms with Gasteiger partial charge in [0.15, 0.2) is 0 Å². The first-order valence-corrected chi connectivity index (χ1v) is 7.32. The van der Waals surface area contributed by atoms with Crippen LogP contribution in [0, 0.1) is 5.92 Å². The van der Waals surface area contributed by atoms with Gasteiger partial charge in [-0.3, -0.25) is 14.6 Å². The lowest BCUT2D eigenvalue weighted by Crippen LogP contribution is -2.35. The highest BCUT2D eigenvalue weighted by atomic mass is 16.2. The van der Waals surface area contributed by atoms with Gasteiger partial charge in [0.05, 0.1) is 12.4 Å². The molecule has 21 heavy (non-hydrogen) atoms. The Kier molecular flexibility index (Phi) is 5.48. The number of hydrogen-bond donors (Lipinski definition) is 3. The van der Waals surface area contributed by atoms with E-state index in [1.807, 2.05) is 6.92 Å². The Morgan fingerprint density at radius 3 is 2.67 bits per heavy atom. The molecule has 0 atom stereocenters.